The second kappa shape index (κ2) is 9.55. The van der Waals surface area contributed by atoms with Gasteiger partial charge in [-0.15, -0.1) is 0 Å². The van der Waals surface area contributed by atoms with Crippen LogP contribution in [0.5, 0.6) is 5.75 Å². The molecule has 1 aromatic heterocycles. The van der Waals surface area contributed by atoms with Crippen molar-refractivity contribution in [3.05, 3.63) is 84.2 Å². The minimum absolute atomic E-state index is 0.196. The van der Waals surface area contributed by atoms with Gasteiger partial charge in [0.2, 0.25) is 0 Å². The van der Waals surface area contributed by atoms with E-state index in [0.717, 1.165) is 23.4 Å². The molecule has 0 bridgehead atoms. The second-order valence-corrected chi connectivity index (χ2v) is 6.67. The molecular weight excluding hydrogens is 350 g/mol. The summed E-state index contributed by atoms with van der Waals surface area (Å²) in [5.74, 6) is 0.557. The molecule has 1 unspecified atom stereocenters. The first-order chi connectivity index (χ1) is 13.6. The lowest BCUT2D eigenvalue weighted by Gasteiger charge is -2.13. The minimum atomic E-state index is -0.196. The maximum Gasteiger partial charge on any atom is 0.257 e. The summed E-state index contributed by atoms with van der Waals surface area (Å²) >= 11 is 0. The number of ether oxygens (including phenoxy) is 1. The average Bonchev–Trinajstić information content (AvgIpc) is 2.74. The Bertz CT molecular complexity index is 895. The molecule has 5 nitrogen and oxygen atoms in total. The van der Waals surface area contributed by atoms with Gasteiger partial charge in [0.1, 0.15) is 12.4 Å². The smallest absolute Gasteiger partial charge is 0.257 e. The number of pyridine rings is 1. The molecule has 28 heavy (non-hydrogen) atoms. The molecule has 0 spiro atoms. The number of aromatic nitrogens is 1. The zero-order valence-electron chi connectivity index (χ0n) is 16.2. The summed E-state index contributed by atoms with van der Waals surface area (Å²) in [5, 5.41) is 6.22. The van der Waals surface area contributed by atoms with Gasteiger partial charge in [-0.1, -0.05) is 37.3 Å². The Hall–Kier alpha value is -3.34. The molecule has 2 aromatic carbocycles. The van der Waals surface area contributed by atoms with Crippen LogP contribution in [-0.2, 0) is 6.61 Å². The predicted molar refractivity (Wildman–Crippen MR) is 113 cm³/mol. The normalized spacial score (nSPS) is 11.5. The largest absolute Gasteiger partial charge is 0.489 e. The molecule has 0 radical (unpaired) electrons. The fourth-order valence-electron chi connectivity index (χ4n) is 2.61. The summed E-state index contributed by atoms with van der Waals surface area (Å²) in [6.45, 7) is 4.71. The number of anilines is 2. The summed E-state index contributed by atoms with van der Waals surface area (Å²) in [4.78, 5) is 16.7. The highest BCUT2D eigenvalue weighted by Gasteiger charge is 2.09. The maximum absolute atomic E-state index is 12.5. The highest BCUT2D eigenvalue weighted by Crippen LogP contribution is 2.18. The maximum atomic E-state index is 12.5. The van der Waals surface area contributed by atoms with Gasteiger partial charge in [-0.25, -0.2) is 0 Å². The number of hydrogen-bond donors (Lipinski definition) is 2. The molecule has 5 heteroatoms. The first kappa shape index (κ1) is 19.4. The van der Waals surface area contributed by atoms with Crippen molar-refractivity contribution in [3.63, 3.8) is 0 Å². The van der Waals surface area contributed by atoms with Gasteiger partial charge in [0.05, 0.1) is 11.3 Å². The van der Waals surface area contributed by atoms with E-state index >= 15 is 0 Å². The van der Waals surface area contributed by atoms with E-state index in [0.29, 0.717) is 23.9 Å². The summed E-state index contributed by atoms with van der Waals surface area (Å²) < 4.78 is 5.77. The van der Waals surface area contributed by atoms with E-state index in [1.807, 2.05) is 60.7 Å². The van der Waals surface area contributed by atoms with Gasteiger partial charge in [0.25, 0.3) is 5.91 Å². The van der Waals surface area contributed by atoms with Gasteiger partial charge in [-0.3, -0.25) is 9.78 Å². The van der Waals surface area contributed by atoms with Gasteiger partial charge in [0.15, 0.2) is 0 Å². The first-order valence-electron chi connectivity index (χ1n) is 9.44. The first-order valence-corrected chi connectivity index (χ1v) is 9.44. The molecule has 3 rings (SSSR count). The molecule has 0 fully saturated rings. The molecule has 1 atom stereocenters. The number of carbonyl (C=O) groups is 1. The summed E-state index contributed by atoms with van der Waals surface area (Å²) in [6, 6.07) is 19.5. The van der Waals surface area contributed by atoms with Gasteiger partial charge in [0, 0.05) is 24.1 Å². The quantitative estimate of drug-likeness (QED) is 0.573. The fourth-order valence-corrected chi connectivity index (χ4v) is 2.61. The van der Waals surface area contributed by atoms with Crippen LogP contribution in [0.3, 0.4) is 0 Å². The molecule has 0 aliphatic heterocycles. The van der Waals surface area contributed by atoms with Crippen molar-refractivity contribution in [3.8, 4) is 5.75 Å². The number of nitrogens with one attached hydrogen (secondary N) is 2. The minimum Gasteiger partial charge on any atom is -0.489 e. The highest BCUT2D eigenvalue weighted by atomic mass is 16.5. The van der Waals surface area contributed by atoms with Gasteiger partial charge in [-0.2, -0.15) is 0 Å². The molecule has 2 N–H and O–H groups in total. The Labute approximate surface area is 165 Å². The van der Waals surface area contributed by atoms with E-state index in [-0.39, 0.29) is 5.91 Å². The van der Waals surface area contributed by atoms with Crippen LogP contribution in [-0.4, -0.2) is 16.9 Å². The van der Waals surface area contributed by atoms with Crippen LogP contribution in [0.2, 0.25) is 0 Å². The second-order valence-electron chi connectivity index (χ2n) is 6.67. The molecule has 1 amide bonds. The number of amides is 1. The fraction of sp³-hybridized carbons (Fsp3) is 0.217. The number of carbonyl (C=O) groups excluding carboxylic acids is 1. The predicted octanol–water partition coefficient (Wildman–Crippen LogP) is 5.12. The summed E-state index contributed by atoms with van der Waals surface area (Å²) in [7, 11) is 0. The van der Waals surface area contributed by atoms with Gasteiger partial charge < -0.3 is 15.4 Å². The molecular formula is C23H25N3O2. The Kier molecular flexibility index (Phi) is 6.63. The van der Waals surface area contributed by atoms with E-state index in [2.05, 4.69) is 29.5 Å². The van der Waals surface area contributed by atoms with E-state index in [1.54, 1.807) is 12.4 Å². The number of benzene rings is 2. The topological polar surface area (TPSA) is 63.2 Å². The highest BCUT2D eigenvalue weighted by molar-refractivity contribution is 6.04. The van der Waals surface area contributed by atoms with Crippen molar-refractivity contribution in [2.24, 2.45) is 0 Å². The third-order valence-corrected chi connectivity index (χ3v) is 4.39. The molecule has 0 aliphatic rings. The van der Waals surface area contributed by atoms with E-state index in [4.69, 9.17) is 4.74 Å². The van der Waals surface area contributed by atoms with Crippen LogP contribution < -0.4 is 15.4 Å². The van der Waals surface area contributed by atoms with Crippen molar-refractivity contribution in [1.29, 1.82) is 0 Å². The van der Waals surface area contributed by atoms with Gasteiger partial charge >= 0.3 is 0 Å². The third kappa shape index (κ3) is 5.58. The Morgan fingerprint density at radius 1 is 1.04 bits per heavy atom. The number of hydrogen-bond acceptors (Lipinski definition) is 4. The van der Waals surface area contributed by atoms with E-state index in [9.17, 15) is 4.79 Å². The molecule has 0 saturated heterocycles. The summed E-state index contributed by atoms with van der Waals surface area (Å²) in [6.07, 6.45) is 4.28. The summed E-state index contributed by atoms with van der Waals surface area (Å²) in [5.41, 5.74) is 3.17. The lowest BCUT2D eigenvalue weighted by molar-refractivity contribution is 0.102. The molecule has 144 valence electrons. The van der Waals surface area contributed by atoms with Crippen LogP contribution in [0.15, 0.2) is 73.1 Å². The van der Waals surface area contributed by atoms with Crippen molar-refractivity contribution in [2.75, 3.05) is 10.6 Å². The van der Waals surface area contributed by atoms with Crippen LogP contribution >= 0.6 is 0 Å². The standard InChI is InChI=1S/C23H25N3O2/c1-3-17(2)25-21-13-19(14-24-15-21)23(27)26-20-9-11-22(12-10-20)28-16-18-7-5-4-6-8-18/h4-15,17,25H,3,16H2,1-2H3,(H,26,27). The Morgan fingerprint density at radius 2 is 1.79 bits per heavy atom. The molecule has 1 heterocycles. The van der Waals surface area contributed by atoms with Crippen molar-refractivity contribution < 1.29 is 9.53 Å². The average molecular weight is 375 g/mol. The third-order valence-electron chi connectivity index (χ3n) is 4.39. The van der Waals surface area contributed by atoms with Gasteiger partial charge in [-0.05, 0) is 49.2 Å². The lowest BCUT2D eigenvalue weighted by atomic mass is 10.2. The molecule has 0 aliphatic carbocycles. The molecule has 0 saturated carbocycles. The van der Waals surface area contributed by atoms with Crippen LogP contribution in [0.25, 0.3) is 0 Å². The lowest BCUT2D eigenvalue weighted by Crippen LogP contribution is -2.16. The molecule has 3 aromatic rings. The number of nitrogens with zero attached hydrogens (tertiary/aromatic N) is 1. The van der Waals surface area contributed by atoms with E-state index in [1.165, 1.54) is 0 Å². The van der Waals surface area contributed by atoms with Crippen LogP contribution in [0.1, 0.15) is 36.2 Å². The zero-order valence-corrected chi connectivity index (χ0v) is 16.2. The zero-order chi connectivity index (χ0) is 19.8. The Morgan fingerprint density at radius 3 is 2.50 bits per heavy atom. The van der Waals surface area contributed by atoms with Crippen molar-refractivity contribution in [2.45, 2.75) is 32.9 Å². The monoisotopic (exact) mass is 375 g/mol. The van der Waals surface area contributed by atoms with Crippen molar-refractivity contribution in [1.82, 2.24) is 4.98 Å². The van der Waals surface area contributed by atoms with E-state index < -0.39 is 0 Å². The number of rotatable bonds is 8. The van der Waals surface area contributed by atoms with Crippen LogP contribution in [0, 0.1) is 0 Å². The Balaban J connectivity index is 1.57. The van der Waals surface area contributed by atoms with Crippen molar-refractivity contribution >= 4 is 17.3 Å². The SMILES string of the molecule is CCC(C)Nc1cncc(C(=O)Nc2ccc(OCc3ccccc3)cc2)c1. The van der Waals surface area contributed by atoms with Crippen LogP contribution in [0.4, 0.5) is 11.4 Å².